The van der Waals surface area contributed by atoms with Crippen LogP contribution in [0.1, 0.15) is 33.3 Å². The maximum atomic E-state index is 5.70. The van der Waals surface area contributed by atoms with Crippen LogP contribution in [-0.2, 0) is 10.2 Å². The van der Waals surface area contributed by atoms with Crippen LogP contribution in [0.15, 0.2) is 24.3 Å². The number of hydrogen-bond donors (Lipinski definition) is 1. The number of nitrogens with one attached hydrogen (secondary N) is 1. The predicted octanol–water partition coefficient (Wildman–Crippen LogP) is 2.99. The van der Waals surface area contributed by atoms with Crippen molar-refractivity contribution in [3.05, 3.63) is 29.8 Å². The monoisotopic (exact) mass is 265 g/mol. The summed E-state index contributed by atoms with van der Waals surface area (Å²) < 4.78 is 10.8. The third-order valence-corrected chi connectivity index (χ3v) is 3.00. The lowest BCUT2D eigenvalue weighted by Gasteiger charge is -2.19. The molecule has 0 amide bonds. The molecular formula is C16H27NO2. The first-order valence-electron chi connectivity index (χ1n) is 6.89. The molecule has 0 bridgehead atoms. The predicted molar refractivity (Wildman–Crippen MR) is 80.0 cm³/mol. The molecule has 108 valence electrons. The van der Waals surface area contributed by atoms with Crippen LogP contribution in [0.25, 0.3) is 0 Å². The van der Waals surface area contributed by atoms with Crippen molar-refractivity contribution in [2.75, 3.05) is 26.9 Å². The molecule has 0 fully saturated rings. The molecule has 1 aromatic carbocycles. The van der Waals surface area contributed by atoms with E-state index < -0.39 is 0 Å². The molecule has 1 atom stereocenters. The molecule has 1 N–H and O–H groups in total. The van der Waals surface area contributed by atoms with E-state index in [4.69, 9.17) is 9.47 Å². The van der Waals surface area contributed by atoms with Crippen LogP contribution in [0.3, 0.4) is 0 Å². The van der Waals surface area contributed by atoms with Gasteiger partial charge >= 0.3 is 0 Å². The molecule has 0 spiro atoms. The Kier molecular flexibility index (Phi) is 6.32. The maximum Gasteiger partial charge on any atom is 0.119 e. The third-order valence-electron chi connectivity index (χ3n) is 3.00. The van der Waals surface area contributed by atoms with Gasteiger partial charge < -0.3 is 14.8 Å². The summed E-state index contributed by atoms with van der Waals surface area (Å²) in [6.07, 6.45) is 0. The van der Waals surface area contributed by atoms with Gasteiger partial charge in [0.25, 0.3) is 0 Å². The van der Waals surface area contributed by atoms with Crippen LogP contribution < -0.4 is 10.1 Å². The molecule has 3 heteroatoms. The van der Waals surface area contributed by atoms with E-state index in [-0.39, 0.29) is 5.41 Å². The molecule has 3 nitrogen and oxygen atoms in total. The lowest BCUT2D eigenvalue weighted by molar-refractivity contribution is 0.169. The fourth-order valence-electron chi connectivity index (χ4n) is 1.83. The van der Waals surface area contributed by atoms with Gasteiger partial charge in [0, 0.05) is 19.7 Å². The van der Waals surface area contributed by atoms with Crippen molar-refractivity contribution >= 4 is 0 Å². The van der Waals surface area contributed by atoms with E-state index in [1.807, 2.05) is 12.1 Å². The van der Waals surface area contributed by atoms with E-state index in [0.29, 0.717) is 12.6 Å². The second-order valence-electron chi connectivity index (χ2n) is 5.93. The molecule has 0 saturated heterocycles. The van der Waals surface area contributed by atoms with Gasteiger partial charge in [0.1, 0.15) is 12.4 Å². The van der Waals surface area contributed by atoms with Crippen LogP contribution in [0.4, 0.5) is 0 Å². The number of hydrogen-bond acceptors (Lipinski definition) is 3. The van der Waals surface area contributed by atoms with Crippen LogP contribution in [0.5, 0.6) is 5.75 Å². The van der Waals surface area contributed by atoms with E-state index in [1.165, 1.54) is 5.56 Å². The van der Waals surface area contributed by atoms with Crippen LogP contribution in [0.2, 0.25) is 0 Å². The first kappa shape index (κ1) is 16.0. The SMILES string of the molecule is COCC(C)NCCOc1ccc(C(C)(C)C)cc1. The topological polar surface area (TPSA) is 30.5 Å². The van der Waals surface area contributed by atoms with Crippen molar-refractivity contribution in [3.8, 4) is 5.75 Å². The van der Waals surface area contributed by atoms with Crippen molar-refractivity contribution in [1.29, 1.82) is 0 Å². The molecular weight excluding hydrogens is 238 g/mol. The second-order valence-corrected chi connectivity index (χ2v) is 5.93. The Labute approximate surface area is 117 Å². The summed E-state index contributed by atoms with van der Waals surface area (Å²) in [5.41, 5.74) is 1.52. The molecule has 19 heavy (non-hydrogen) atoms. The molecule has 0 saturated carbocycles. The Hall–Kier alpha value is -1.06. The van der Waals surface area contributed by atoms with Gasteiger partial charge in [-0.3, -0.25) is 0 Å². The minimum absolute atomic E-state index is 0.190. The highest BCUT2D eigenvalue weighted by Crippen LogP contribution is 2.24. The van der Waals surface area contributed by atoms with E-state index in [2.05, 4.69) is 45.1 Å². The zero-order valence-corrected chi connectivity index (χ0v) is 12.8. The molecule has 0 aliphatic rings. The van der Waals surface area contributed by atoms with Gasteiger partial charge in [-0.25, -0.2) is 0 Å². The van der Waals surface area contributed by atoms with Gasteiger partial charge in [0.15, 0.2) is 0 Å². The van der Waals surface area contributed by atoms with E-state index in [9.17, 15) is 0 Å². The summed E-state index contributed by atoms with van der Waals surface area (Å²) in [5, 5.41) is 3.34. The van der Waals surface area contributed by atoms with Crippen molar-refractivity contribution in [1.82, 2.24) is 5.32 Å². The molecule has 0 radical (unpaired) electrons. The molecule has 0 aromatic heterocycles. The van der Waals surface area contributed by atoms with Gasteiger partial charge in [0.05, 0.1) is 6.61 Å². The summed E-state index contributed by atoms with van der Waals surface area (Å²) in [5.74, 6) is 0.925. The smallest absolute Gasteiger partial charge is 0.119 e. The van der Waals surface area contributed by atoms with Gasteiger partial charge in [-0.2, -0.15) is 0 Å². The Bertz CT molecular complexity index is 354. The third kappa shape index (κ3) is 6.08. The van der Waals surface area contributed by atoms with Crippen molar-refractivity contribution in [2.24, 2.45) is 0 Å². The molecule has 0 aliphatic carbocycles. The number of methoxy groups -OCH3 is 1. The molecule has 1 unspecified atom stereocenters. The molecule has 1 aromatic rings. The molecule has 1 rings (SSSR count). The summed E-state index contributed by atoms with van der Waals surface area (Å²) in [6.45, 7) is 11.0. The summed E-state index contributed by atoms with van der Waals surface area (Å²) in [4.78, 5) is 0. The number of rotatable bonds is 7. The normalized spacial score (nSPS) is 13.3. The van der Waals surface area contributed by atoms with Gasteiger partial charge in [0.2, 0.25) is 0 Å². The lowest BCUT2D eigenvalue weighted by atomic mass is 9.87. The van der Waals surface area contributed by atoms with Gasteiger partial charge in [-0.15, -0.1) is 0 Å². The van der Waals surface area contributed by atoms with E-state index in [1.54, 1.807) is 7.11 Å². The Morgan fingerprint density at radius 3 is 2.32 bits per heavy atom. The van der Waals surface area contributed by atoms with Gasteiger partial charge in [-0.1, -0.05) is 32.9 Å². The minimum Gasteiger partial charge on any atom is -0.492 e. The first-order chi connectivity index (χ1) is 8.93. The minimum atomic E-state index is 0.190. The molecule has 0 aliphatic heterocycles. The highest BCUT2D eigenvalue weighted by molar-refractivity contribution is 5.31. The van der Waals surface area contributed by atoms with Crippen molar-refractivity contribution in [3.63, 3.8) is 0 Å². The fourth-order valence-corrected chi connectivity index (χ4v) is 1.83. The van der Waals surface area contributed by atoms with Crippen molar-refractivity contribution < 1.29 is 9.47 Å². The Morgan fingerprint density at radius 1 is 1.16 bits per heavy atom. The van der Waals surface area contributed by atoms with Crippen LogP contribution in [-0.4, -0.2) is 32.9 Å². The van der Waals surface area contributed by atoms with Crippen molar-refractivity contribution in [2.45, 2.75) is 39.2 Å². The largest absolute Gasteiger partial charge is 0.492 e. The Morgan fingerprint density at radius 2 is 1.79 bits per heavy atom. The van der Waals surface area contributed by atoms with E-state index >= 15 is 0 Å². The number of ether oxygens (including phenoxy) is 2. The zero-order chi connectivity index (χ0) is 14.3. The van der Waals surface area contributed by atoms with Crippen LogP contribution >= 0.6 is 0 Å². The number of benzene rings is 1. The maximum absolute atomic E-state index is 5.70. The zero-order valence-electron chi connectivity index (χ0n) is 12.8. The summed E-state index contributed by atoms with van der Waals surface area (Å²) >= 11 is 0. The van der Waals surface area contributed by atoms with Gasteiger partial charge in [-0.05, 0) is 30.0 Å². The van der Waals surface area contributed by atoms with E-state index in [0.717, 1.165) is 18.9 Å². The highest BCUT2D eigenvalue weighted by atomic mass is 16.5. The standard InChI is InChI=1S/C16H27NO2/c1-13(12-18-5)17-10-11-19-15-8-6-14(7-9-15)16(2,3)4/h6-9,13,17H,10-12H2,1-5H3. The fraction of sp³-hybridized carbons (Fsp3) is 0.625. The first-order valence-corrected chi connectivity index (χ1v) is 6.89. The van der Waals surface area contributed by atoms with Crippen LogP contribution in [0, 0.1) is 0 Å². The average molecular weight is 265 g/mol. The second kappa shape index (κ2) is 7.51. The highest BCUT2D eigenvalue weighted by Gasteiger charge is 2.12. The quantitative estimate of drug-likeness (QED) is 0.769. The Balaban J connectivity index is 2.31. The summed E-state index contributed by atoms with van der Waals surface area (Å²) in [7, 11) is 1.71. The summed E-state index contributed by atoms with van der Waals surface area (Å²) in [6, 6.07) is 8.71. The molecule has 0 heterocycles. The average Bonchev–Trinajstić information content (AvgIpc) is 2.34. The lowest BCUT2D eigenvalue weighted by Crippen LogP contribution is -2.33.